The average molecular weight is 244 g/mol. The molecule has 3 nitrogen and oxygen atoms in total. The summed E-state index contributed by atoms with van der Waals surface area (Å²) >= 11 is 0. The standard InChI is InChI=1S/C12H18F2N2O/c1-3-8(2)11(16-15)9-4-6-10(7-5-9)17-12(13)14/h4-8,11-12,16H,3,15H2,1-2H3. The van der Waals surface area contributed by atoms with Gasteiger partial charge in [-0.15, -0.1) is 0 Å². The van der Waals surface area contributed by atoms with Crippen LogP contribution in [0.5, 0.6) is 5.75 Å². The summed E-state index contributed by atoms with van der Waals surface area (Å²) in [5.41, 5.74) is 3.70. The number of alkyl halides is 2. The Bertz CT molecular complexity index is 330. The number of hydrazine groups is 1. The molecule has 0 spiro atoms. The number of ether oxygens (including phenoxy) is 1. The fourth-order valence-electron chi connectivity index (χ4n) is 1.68. The van der Waals surface area contributed by atoms with Crippen molar-refractivity contribution in [2.45, 2.75) is 32.9 Å². The molecule has 0 aliphatic rings. The van der Waals surface area contributed by atoms with Crippen LogP contribution in [0, 0.1) is 5.92 Å². The molecule has 0 aliphatic carbocycles. The van der Waals surface area contributed by atoms with Crippen molar-refractivity contribution < 1.29 is 13.5 Å². The van der Waals surface area contributed by atoms with E-state index in [1.807, 2.05) is 0 Å². The Labute approximate surface area is 99.9 Å². The first kappa shape index (κ1) is 13.9. The molecule has 5 heteroatoms. The van der Waals surface area contributed by atoms with Crippen LogP contribution in [0.4, 0.5) is 8.78 Å². The van der Waals surface area contributed by atoms with Gasteiger partial charge in [-0.3, -0.25) is 11.3 Å². The Morgan fingerprint density at radius 1 is 1.29 bits per heavy atom. The first-order chi connectivity index (χ1) is 8.08. The van der Waals surface area contributed by atoms with Gasteiger partial charge in [0.15, 0.2) is 0 Å². The second-order valence-electron chi connectivity index (χ2n) is 3.98. The van der Waals surface area contributed by atoms with Gasteiger partial charge in [0, 0.05) is 6.04 Å². The van der Waals surface area contributed by atoms with Crippen LogP contribution in [-0.2, 0) is 0 Å². The van der Waals surface area contributed by atoms with Crippen LogP contribution in [0.25, 0.3) is 0 Å². The summed E-state index contributed by atoms with van der Waals surface area (Å²) in [6.07, 6.45) is 0.976. The molecule has 17 heavy (non-hydrogen) atoms. The number of nitrogens with one attached hydrogen (secondary N) is 1. The second-order valence-corrected chi connectivity index (χ2v) is 3.98. The molecule has 1 aromatic carbocycles. The third kappa shape index (κ3) is 3.94. The zero-order valence-corrected chi connectivity index (χ0v) is 9.99. The molecule has 2 unspecified atom stereocenters. The number of halogens is 2. The van der Waals surface area contributed by atoms with E-state index in [0.29, 0.717) is 5.92 Å². The van der Waals surface area contributed by atoms with E-state index in [4.69, 9.17) is 5.84 Å². The van der Waals surface area contributed by atoms with E-state index < -0.39 is 6.61 Å². The molecule has 0 aliphatic heterocycles. The van der Waals surface area contributed by atoms with Gasteiger partial charge < -0.3 is 4.74 Å². The Morgan fingerprint density at radius 3 is 2.29 bits per heavy atom. The maximum atomic E-state index is 12.0. The third-order valence-corrected chi connectivity index (χ3v) is 2.86. The van der Waals surface area contributed by atoms with Crippen molar-refractivity contribution in [2.75, 3.05) is 0 Å². The first-order valence-corrected chi connectivity index (χ1v) is 5.59. The molecule has 96 valence electrons. The van der Waals surface area contributed by atoms with Crippen LogP contribution in [0.15, 0.2) is 24.3 Å². The van der Waals surface area contributed by atoms with Gasteiger partial charge in [-0.2, -0.15) is 8.78 Å². The first-order valence-electron chi connectivity index (χ1n) is 5.59. The Hall–Kier alpha value is -1.20. The number of hydrogen-bond donors (Lipinski definition) is 2. The number of nitrogens with two attached hydrogens (primary N) is 1. The van der Waals surface area contributed by atoms with Gasteiger partial charge in [0.25, 0.3) is 0 Å². The average Bonchev–Trinajstić information content (AvgIpc) is 2.31. The van der Waals surface area contributed by atoms with Gasteiger partial charge >= 0.3 is 6.61 Å². The minimum atomic E-state index is -2.79. The normalized spacial score (nSPS) is 14.7. The third-order valence-electron chi connectivity index (χ3n) is 2.86. The van der Waals surface area contributed by atoms with Gasteiger partial charge in [0.1, 0.15) is 5.75 Å². The van der Waals surface area contributed by atoms with Gasteiger partial charge in [-0.1, -0.05) is 32.4 Å². The zero-order chi connectivity index (χ0) is 12.8. The van der Waals surface area contributed by atoms with Gasteiger partial charge in [0.2, 0.25) is 0 Å². The predicted octanol–water partition coefficient (Wildman–Crippen LogP) is 2.84. The molecule has 0 amide bonds. The zero-order valence-electron chi connectivity index (χ0n) is 9.99. The highest BCUT2D eigenvalue weighted by molar-refractivity contribution is 5.29. The molecule has 0 saturated carbocycles. The Balaban J connectivity index is 2.77. The van der Waals surface area contributed by atoms with Crippen molar-refractivity contribution in [3.05, 3.63) is 29.8 Å². The van der Waals surface area contributed by atoms with Crippen LogP contribution in [0.3, 0.4) is 0 Å². The van der Waals surface area contributed by atoms with Gasteiger partial charge in [-0.05, 0) is 23.6 Å². The molecule has 1 aromatic rings. The van der Waals surface area contributed by atoms with Crippen molar-refractivity contribution in [3.63, 3.8) is 0 Å². The minimum absolute atomic E-state index is 0.0144. The highest BCUT2D eigenvalue weighted by Gasteiger charge is 2.16. The summed E-state index contributed by atoms with van der Waals surface area (Å²) in [5.74, 6) is 6.02. The summed E-state index contributed by atoms with van der Waals surface area (Å²) in [6, 6.07) is 6.55. The lowest BCUT2D eigenvalue weighted by atomic mass is 9.93. The number of hydrogen-bond acceptors (Lipinski definition) is 3. The van der Waals surface area contributed by atoms with Crippen LogP contribution in [0.1, 0.15) is 31.9 Å². The molecule has 0 fully saturated rings. The molecular formula is C12H18F2N2O. The van der Waals surface area contributed by atoms with E-state index in [-0.39, 0.29) is 11.8 Å². The molecule has 0 aromatic heterocycles. The fraction of sp³-hybridized carbons (Fsp3) is 0.500. The van der Waals surface area contributed by atoms with Gasteiger partial charge in [0.05, 0.1) is 0 Å². The van der Waals surface area contributed by atoms with E-state index in [0.717, 1.165) is 12.0 Å². The molecule has 3 N–H and O–H groups in total. The second kappa shape index (κ2) is 6.51. The molecular weight excluding hydrogens is 226 g/mol. The van der Waals surface area contributed by atoms with Crippen molar-refractivity contribution in [2.24, 2.45) is 11.8 Å². The van der Waals surface area contributed by atoms with Gasteiger partial charge in [-0.25, -0.2) is 0 Å². The minimum Gasteiger partial charge on any atom is -0.435 e. The number of rotatable bonds is 6. The van der Waals surface area contributed by atoms with Crippen molar-refractivity contribution in [1.82, 2.24) is 5.43 Å². The van der Waals surface area contributed by atoms with E-state index >= 15 is 0 Å². The maximum absolute atomic E-state index is 12.0. The van der Waals surface area contributed by atoms with E-state index in [9.17, 15) is 8.78 Å². The largest absolute Gasteiger partial charge is 0.435 e. The van der Waals surface area contributed by atoms with Crippen LogP contribution in [0.2, 0.25) is 0 Å². The molecule has 0 bridgehead atoms. The van der Waals surface area contributed by atoms with Crippen LogP contribution < -0.4 is 16.0 Å². The summed E-state index contributed by atoms with van der Waals surface area (Å²) < 4.78 is 28.2. The molecule has 0 heterocycles. The lowest BCUT2D eigenvalue weighted by Crippen LogP contribution is -2.32. The number of benzene rings is 1. The fourth-order valence-corrected chi connectivity index (χ4v) is 1.68. The quantitative estimate of drug-likeness (QED) is 0.597. The Morgan fingerprint density at radius 2 is 1.88 bits per heavy atom. The highest BCUT2D eigenvalue weighted by Crippen LogP contribution is 2.25. The Kier molecular flexibility index (Phi) is 5.31. The van der Waals surface area contributed by atoms with Crippen molar-refractivity contribution in [1.29, 1.82) is 0 Å². The topological polar surface area (TPSA) is 47.3 Å². The monoisotopic (exact) mass is 244 g/mol. The summed E-state index contributed by atoms with van der Waals surface area (Å²) in [4.78, 5) is 0. The highest BCUT2D eigenvalue weighted by atomic mass is 19.3. The van der Waals surface area contributed by atoms with E-state index in [1.54, 1.807) is 12.1 Å². The summed E-state index contributed by atoms with van der Waals surface area (Å²) in [6.45, 7) is 1.36. The lowest BCUT2D eigenvalue weighted by Gasteiger charge is -2.22. The molecule has 2 atom stereocenters. The lowest BCUT2D eigenvalue weighted by molar-refractivity contribution is -0.0498. The summed E-state index contributed by atoms with van der Waals surface area (Å²) in [7, 11) is 0. The maximum Gasteiger partial charge on any atom is 0.387 e. The van der Waals surface area contributed by atoms with Crippen LogP contribution in [-0.4, -0.2) is 6.61 Å². The molecule has 0 saturated heterocycles. The SMILES string of the molecule is CCC(C)C(NN)c1ccc(OC(F)F)cc1. The molecule has 1 rings (SSSR count). The van der Waals surface area contributed by atoms with E-state index in [2.05, 4.69) is 24.0 Å². The van der Waals surface area contributed by atoms with E-state index in [1.165, 1.54) is 12.1 Å². The summed E-state index contributed by atoms with van der Waals surface area (Å²) in [5, 5.41) is 0. The smallest absolute Gasteiger partial charge is 0.387 e. The van der Waals surface area contributed by atoms with Crippen molar-refractivity contribution in [3.8, 4) is 5.75 Å². The van der Waals surface area contributed by atoms with Crippen molar-refractivity contribution >= 4 is 0 Å². The predicted molar refractivity (Wildman–Crippen MR) is 62.6 cm³/mol. The molecule has 0 radical (unpaired) electrons. The van der Waals surface area contributed by atoms with Crippen LogP contribution >= 0.6 is 0 Å².